The van der Waals surface area contributed by atoms with Crippen LogP contribution in [0.5, 0.6) is 0 Å². The molecule has 8 heteroatoms. The highest BCUT2D eigenvalue weighted by atomic mass is 35.5. The van der Waals surface area contributed by atoms with Crippen LogP contribution in [0.15, 0.2) is 66.1 Å². The molecule has 0 atom stereocenters. The summed E-state index contributed by atoms with van der Waals surface area (Å²) in [7, 11) is 0. The second-order valence-corrected chi connectivity index (χ2v) is 8.77. The molecule has 0 amide bonds. The van der Waals surface area contributed by atoms with Gasteiger partial charge in [-0.3, -0.25) is 14.3 Å². The van der Waals surface area contributed by atoms with Crippen LogP contribution in [0, 0.1) is 13.8 Å². The third-order valence-electron chi connectivity index (χ3n) is 4.74. The van der Waals surface area contributed by atoms with Crippen LogP contribution in [-0.4, -0.2) is 31.3 Å². The van der Waals surface area contributed by atoms with Crippen molar-refractivity contribution < 1.29 is 4.79 Å². The number of rotatable bonds is 6. The molecular formula is C23H18Cl2N4OS. The number of hydrogen-bond donors (Lipinski definition) is 0. The predicted octanol–water partition coefficient (Wildman–Crippen LogP) is 6.23. The summed E-state index contributed by atoms with van der Waals surface area (Å²) < 4.78 is 1.86. The molecule has 0 N–H and O–H groups in total. The van der Waals surface area contributed by atoms with Crippen molar-refractivity contribution in [2.45, 2.75) is 19.0 Å². The van der Waals surface area contributed by atoms with E-state index in [0.29, 0.717) is 21.0 Å². The van der Waals surface area contributed by atoms with Crippen LogP contribution in [0.1, 0.15) is 21.5 Å². The second-order valence-electron chi connectivity index (χ2n) is 7.01. The van der Waals surface area contributed by atoms with Crippen LogP contribution in [0.2, 0.25) is 10.0 Å². The normalized spacial score (nSPS) is 11.0. The van der Waals surface area contributed by atoms with Crippen molar-refractivity contribution in [3.8, 4) is 17.1 Å². The van der Waals surface area contributed by atoms with Crippen LogP contribution in [0.25, 0.3) is 17.1 Å². The quantitative estimate of drug-likeness (QED) is 0.248. The molecule has 0 aliphatic rings. The minimum Gasteiger partial charge on any atom is -0.293 e. The predicted molar refractivity (Wildman–Crippen MR) is 126 cm³/mol. The smallest absolute Gasteiger partial charge is 0.196 e. The van der Waals surface area contributed by atoms with Gasteiger partial charge >= 0.3 is 0 Å². The number of nitrogens with zero attached hydrogens (tertiary/aromatic N) is 4. The molecule has 156 valence electrons. The first-order chi connectivity index (χ1) is 14.9. The Morgan fingerprint density at radius 1 is 1.03 bits per heavy atom. The Kier molecular flexibility index (Phi) is 6.41. The SMILES string of the molecule is Cc1ccc(C)c(C(=O)CSc2nnc(-c3cccnc3)n2-c2ccc(Cl)c(Cl)c2)c1. The number of halogens is 2. The largest absolute Gasteiger partial charge is 0.293 e. The molecule has 0 aliphatic heterocycles. The lowest BCUT2D eigenvalue weighted by Crippen LogP contribution is -2.07. The van der Waals surface area contributed by atoms with Gasteiger partial charge in [0.2, 0.25) is 0 Å². The number of Topliss-reactive ketones (excluding diaryl/α,β-unsaturated/α-hetero) is 1. The maximum Gasteiger partial charge on any atom is 0.196 e. The zero-order valence-electron chi connectivity index (χ0n) is 16.8. The average molecular weight is 469 g/mol. The maximum atomic E-state index is 12.9. The summed E-state index contributed by atoms with van der Waals surface area (Å²) in [6, 6.07) is 14.9. The van der Waals surface area contributed by atoms with Gasteiger partial charge in [0, 0.05) is 23.5 Å². The van der Waals surface area contributed by atoms with E-state index >= 15 is 0 Å². The van der Waals surface area contributed by atoms with Crippen molar-refractivity contribution in [3.63, 3.8) is 0 Å². The molecular weight excluding hydrogens is 451 g/mol. The fourth-order valence-electron chi connectivity index (χ4n) is 3.15. The van der Waals surface area contributed by atoms with E-state index in [1.165, 1.54) is 11.8 Å². The molecule has 0 aliphatic carbocycles. The number of thioether (sulfide) groups is 1. The van der Waals surface area contributed by atoms with Gasteiger partial charge in [0.25, 0.3) is 0 Å². The molecule has 0 unspecified atom stereocenters. The van der Waals surface area contributed by atoms with Gasteiger partial charge in [-0.2, -0.15) is 0 Å². The Hall–Kier alpha value is -2.67. The number of pyridine rings is 1. The molecule has 31 heavy (non-hydrogen) atoms. The summed E-state index contributed by atoms with van der Waals surface area (Å²) in [4.78, 5) is 17.1. The maximum absolute atomic E-state index is 12.9. The highest BCUT2D eigenvalue weighted by molar-refractivity contribution is 7.99. The number of ketones is 1. The monoisotopic (exact) mass is 468 g/mol. The number of aryl methyl sites for hydroxylation is 2. The third kappa shape index (κ3) is 4.66. The molecule has 0 bridgehead atoms. The van der Waals surface area contributed by atoms with Gasteiger partial charge < -0.3 is 0 Å². The molecule has 4 rings (SSSR count). The van der Waals surface area contributed by atoms with Crippen LogP contribution >= 0.6 is 35.0 Å². The minimum absolute atomic E-state index is 0.0396. The molecule has 0 spiro atoms. The summed E-state index contributed by atoms with van der Waals surface area (Å²) in [6.45, 7) is 3.92. The van der Waals surface area contributed by atoms with E-state index < -0.39 is 0 Å². The Balaban J connectivity index is 1.71. The van der Waals surface area contributed by atoms with Crippen LogP contribution in [0.4, 0.5) is 0 Å². The second kappa shape index (κ2) is 9.22. The van der Waals surface area contributed by atoms with Crippen molar-refractivity contribution in [3.05, 3.63) is 87.7 Å². The zero-order valence-corrected chi connectivity index (χ0v) is 19.2. The van der Waals surface area contributed by atoms with Crippen molar-refractivity contribution in [1.82, 2.24) is 19.7 Å². The van der Waals surface area contributed by atoms with E-state index in [1.54, 1.807) is 24.5 Å². The summed E-state index contributed by atoms with van der Waals surface area (Å²) in [5, 5.41) is 10.2. The summed E-state index contributed by atoms with van der Waals surface area (Å²) in [6.07, 6.45) is 3.41. The topological polar surface area (TPSA) is 60.7 Å². The first kappa shape index (κ1) is 21.6. The van der Waals surface area contributed by atoms with Crippen molar-refractivity contribution >= 4 is 40.7 Å². The Morgan fingerprint density at radius 2 is 1.87 bits per heavy atom. The van der Waals surface area contributed by atoms with Gasteiger partial charge in [-0.25, -0.2) is 0 Å². The lowest BCUT2D eigenvalue weighted by molar-refractivity contribution is 0.102. The molecule has 0 saturated carbocycles. The molecule has 2 heterocycles. The van der Waals surface area contributed by atoms with Crippen molar-refractivity contribution in [2.24, 2.45) is 0 Å². The van der Waals surface area contributed by atoms with Gasteiger partial charge in [-0.1, -0.05) is 52.7 Å². The highest BCUT2D eigenvalue weighted by Crippen LogP contribution is 2.31. The summed E-state index contributed by atoms with van der Waals surface area (Å²) in [5.41, 5.74) is 4.28. The molecule has 2 aromatic carbocycles. The third-order valence-corrected chi connectivity index (χ3v) is 6.41. The standard InChI is InChI=1S/C23H18Cl2N4OS/c1-14-5-6-15(2)18(10-14)21(30)13-31-23-28-27-22(16-4-3-9-26-12-16)29(23)17-7-8-19(24)20(25)11-17/h3-12H,13H2,1-2H3. The van der Waals surface area contributed by atoms with E-state index in [1.807, 2.05) is 54.8 Å². The average Bonchev–Trinajstić information content (AvgIpc) is 3.20. The van der Waals surface area contributed by atoms with Gasteiger partial charge in [0.1, 0.15) is 0 Å². The van der Waals surface area contributed by atoms with Crippen LogP contribution in [-0.2, 0) is 0 Å². The fourth-order valence-corrected chi connectivity index (χ4v) is 4.27. The van der Waals surface area contributed by atoms with Crippen LogP contribution in [0.3, 0.4) is 0 Å². The molecule has 0 saturated heterocycles. The number of benzene rings is 2. The van der Waals surface area contributed by atoms with Gasteiger partial charge in [-0.05, 0) is 55.8 Å². The van der Waals surface area contributed by atoms with Gasteiger partial charge in [-0.15, -0.1) is 10.2 Å². The summed E-state index contributed by atoms with van der Waals surface area (Å²) in [5.74, 6) is 0.877. The van der Waals surface area contributed by atoms with E-state index in [0.717, 1.165) is 27.9 Å². The molecule has 0 fully saturated rings. The molecule has 0 radical (unpaired) electrons. The fraction of sp³-hybridized carbons (Fsp3) is 0.130. The first-order valence-corrected chi connectivity index (χ1v) is 11.2. The number of aromatic nitrogens is 4. The van der Waals surface area contributed by atoms with E-state index in [-0.39, 0.29) is 11.5 Å². The molecule has 2 aromatic heterocycles. The minimum atomic E-state index is 0.0396. The van der Waals surface area contributed by atoms with Gasteiger partial charge in [0.05, 0.1) is 21.5 Å². The van der Waals surface area contributed by atoms with E-state index in [4.69, 9.17) is 23.2 Å². The van der Waals surface area contributed by atoms with Gasteiger partial charge in [0.15, 0.2) is 16.8 Å². The lowest BCUT2D eigenvalue weighted by atomic mass is 10.0. The Bertz CT molecular complexity index is 1260. The number of carbonyl (C=O) groups excluding carboxylic acids is 1. The lowest BCUT2D eigenvalue weighted by Gasteiger charge is -2.11. The highest BCUT2D eigenvalue weighted by Gasteiger charge is 2.19. The summed E-state index contributed by atoms with van der Waals surface area (Å²) >= 11 is 13.7. The van der Waals surface area contributed by atoms with Crippen molar-refractivity contribution in [2.75, 3.05) is 5.75 Å². The Labute approximate surface area is 194 Å². The van der Waals surface area contributed by atoms with Crippen LogP contribution < -0.4 is 0 Å². The van der Waals surface area contributed by atoms with E-state index in [9.17, 15) is 4.79 Å². The molecule has 5 nitrogen and oxygen atoms in total. The number of hydrogen-bond acceptors (Lipinski definition) is 5. The number of carbonyl (C=O) groups is 1. The molecule has 4 aromatic rings. The first-order valence-electron chi connectivity index (χ1n) is 9.48. The Morgan fingerprint density at radius 3 is 2.61 bits per heavy atom. The zero-order chi connectivity index (χ0) is 22.0. The van der Waals surface area contributed by atoms with E-state index in [2.05, 4.69) is 15.2 Å². The van der Waals surface area contributed by atoms with Crippen molar-refractivity contribution in [1.29, 1.82) is 0 Å².